The Kier molecular flexibility index (Phi) is 20.0. The van der Waals surface area contributed by atoms with Gasteiger partial charge in [0.05, 0.1) is 22.2 Å². The zero-order valence-electron chi connectivity index (χ0n) is 51.6. The largest absolute Gasteiger partial charge is 0.300 e. The summed E-state index contributed by atoms with van der Waals surface area (Å²) < 4.78 is 0. The van der Waals surface area contributed by atoms with Crippen LogP contribution in [-0.4, -0.2) is 49.1 Å². The van der Waals surface area contributed by atoms with Crippen molar-refractivity contribution in [1.29, 1.82) is 0 Å². The molecule has 0 heterocycles. The molecule has 0 aromatic heterocycles. The van der Waals surface area contributed by atoms with Crippen molar-refractivity contribution in [2.45, 2.75) is 47.8 Å². The van der Waals surface area contributed by atoms with Gasteiger partial charge < -0.3 is 0 Å². The molecule has 2 N–H and O–H groups in total. The van der Waals surface area contributed by atoms with Crippen molar-refractivity contribution in [3.05, 3.63) is 431 Å². The SMILES string of the molecule is c1ccc(C(NCCCN(CCCCN(CCCNC(c2ccccc2)(c2ccccc2)c2ccccc2)C(c2ccccc2)(c2ccccc2)c2ccccc2)C(c2ccccc2)(c2ccccc2)c2ccccc2)(c2ccccc2)c2ccccc2)cc1. The summed E-state index contributed by atoms with van der Waals surface area (Å²) in [5, 5.41) is 8.55. The van der Waals surface area contributed by atoms with Crippen molar-refractivity contribution in [3.8, 4) is 0 Å². The minimum atomic E-state index is -0.616. The van der Waals surface area contributed by atoms with E-state index < -0.39 is 22.2 Å². The molecule has 4 heteroatoms. The van der Waals surface area contributed by atoms with Gasteiger partial charge >= 0.3 is 0 Å². The van der Waals surface area contributed by atoms with Gasteiger partial charge in [-0.05, 0) is 119 Å². The van der Waals surface area contributed by atoms with E-state index in [4.69, 9.17) is 0 Å². The Morgan fingerprint density at radius 1 is 0.178 bits per heavy atom. The van der Waals surface area contributed by atoms with Crippen LogP contribution in [0.2, 0.25) is 0 Å². The first-order chi connectivity index (χ1) is 44.7. The molecule has 0 aliphatic rings. The van der Waals surface area contributed by atoms with Gasteiger partial charge in [0.15, 0.2) is 0 Å². The Morgan fingerprint density at radius 2 is 0.322 bits per heavy atom. The van der Waals surface area contributed by atoms with Crippen LogP contribution in [0.4, 0.5) is 0 Å². The Morgan fingerprint density at radius 3 is 0.489 bits per heavy atom. The summed E-state index contributed by atoms with van der Waals surface area (Å²) in [5.74, 6) is 0. The van der Waals surface area contributed by atoms with Crippen molar-refractivity contribution in [2.75, 3.05) is 39.3 Å². The van der Waals surface area contributed by atoms with E-state index in [9.17, 15) is 0 Å². The minimum Gasteiger partial charge on any atom is -0.300 e. The maximum Gasteiger partial charge on any atom is 0.0972 e. The topological polar surface area (TPSA) is 30.5 Å². The monoisotopic (exact) mass is 1170 g/mol. The highest BCUT2D eigenvalue weighted by molar-refractivity contribution is 5.54. The molecule has 0 unspecified atom stereocenters. The molecule has 4 nitrogen and oxygen atoms in total. The second kappa shape index (κ2) is 29.7. The third-order valence-electron chi connectivity index (χ3n) is 18.4. The highest BCUT2D eigenvalue weighted by atomic mass is 15.2. The number of hydrogen-bond donors (Lipinski definition) is 2. The predicted octanol–water partition coefficient (Wildman–Crippen LogP) is 18.3. The molecular weight excluding hydrogens is 1090 g/mol. The first kappa shape index (κ1) is 60.8. The van der Waals surface area contributed by atoms with Crippen molar-refractivity contribution in [1.82, 2.24) is 20.4 Å². The summed E-state index contributed by atoms with van der Waals surface area (Å²) in [4.78, 5) is 5.65. The van der Waals surface area contributed by atoms with Crippen LogP contribution >= 0.6 is 0 Å². The van der Waals surface area contributed by atoms with Gasteiger partial charge in [-0.15, -0.1) is 0 Å². The van der Waals surface area contributed by atoms with E-state index in [0.717, 1.165) is 65.0 Å². The molecule has 0 atom stereocenters. The molecule has 0 spiro atoms. The lowest BCUT2D eigenvalue weighted by Gasteiger charge is -2.47. The number of nitrogens with one attached hydrogen (secondary N) is 2. The number of rotatable bonds is 29. The maximum atomic E-state index is 4.28. The second-order valence-corrected chi connectivity index (χ2v) is 23.6. The fraction of sp³-hybridized carbons (Fsp3) is 0.163. The third-order valence-corrected chi connectivity index (χ3v) is 18.4. The molecule has 0 aliphatic heterocycles. The van der Waals surface area contributed by atoms with Gasteiger partial charge in [-0.3, -0.25) is 20.4 Å². The van der Waals surface area contributed by atoms with Gasteiger partial charge in [0, 0.05) is 13.1 Å². The molecule has 0 saturated heterocycles. The molecular formula is C86H82N4. The van der Waals surface area contributed by atoms with Crippen LogP contribution in [0.15, 0.2) is 364 Å². The molecule has 0 amide bonds. The van der Waals surface area contributed by atoms with Gasteiger partial charge in [-0.1, -0.05) is 364 Å². The van der Waals surface area contributed by atoms with E-state index in [1.54, 1.807) is 0 Å². The van der Waals surface area contributed by atoms with Crippen molar-refractivity contribution in [2.24, 2.45) is 0 Å². The van der Waals surface area contributed by atoms with Gasteiger partial charge in [-0.25, -0.2) is 0 Å². The van der Waals surface area contributed by atoms with E-state index in [1.807, 2.05) is 0 Å². The quantitative estimate of drug-likeness (QED) is 0.0361. The lowest BCUT2D eigenvalue weighted by molar-refractivity contribution is 0.130. The second-order valence-electron chi connectivity index (χ2n) is 23.6. The van der Waals surface area contributed by atoms with Crippen LogP contribution < -0.4 is 10.6 Å². The van der Waals surface area contributed by atoms with Gasteiger partial charge in [0.25, 0.3) is 0 Å². The third kappa shape index (κ3) is 12.6. The zero-order valence-corrected chi connectivity index (χ0v) is 51.6. The van der Waals surface area contributed by atoms with Gasteiger partial charge in [0.1, 0.15) is 0 Å². The Balaban J connectivity index is 0.925. The molecule has 0 aliphatic carbocycles. The summed E-state index contributed by atoms with van der Waals surface area (Å²) in [7, 11) is 0. The van der Waals surface area contributed by atoms with Gasteiger partial charge in [0.2, 0.25) is 0 Å². The average Bonchev–Trinajstić information content (AvgIpc) is 0.893. The van der Waals surface area contributed by atoms with Crippen molar-refractivity contribution < 1.29 is 0 Å². The molecule has 0 saturated carbocycles. The Hall–Kier alpha value is -9.52. The van der Waals surface area contributed by atoms with E-state index in [2.05, 4.69) is 384 Å². The highest BCUT2D eigenvalue weighted by Crippen LogP contribution is 2.46. The van der Waals surface area contributed by atoms with Crippen LogP contribution in [0.25, 0.3) is 0 Å². The number of nitrogens with zero attached hydrogens (tertiary/aromatic N) is 2. The van der Waals surface area contributed by atoms with Crippen molar-refractivity contribution in [3.63, 3.8) is 0 Å². The van der Waals surface area contributed by atoms with Crippen LogP contribution in [-0.2, 0) is 22.2 Å². The highest BCUT2D eigenvalue weighted by Gasteiger charge is 2.45. The van der Waals surface area contributed by atoms with Crippen LogP contribution in [0, 0.1) is 0 Å². The lowest BCUT2D eigenvalue weighted by Crippen LogP contribution is -2.51. The first-order valence-corrected chi connectivity index (χ1v) is 32.3. The molecule has 12 aromatic rings. The molecule has 446 valence electrons. The van der Waals surface area contributed by atoms with E-state index >= 15 is 0 Å². The summed E-state index contributed by atoms with van der Waals surface area (Å²) in [6, 6.07) is 134. The minimum absolute atomic E-state index is 0.585. The number of benzene rings is 12. The number of hydrogen-bond acceptors (Lipinski definition) is 4. The Labute approximate surface area is 535 Å². The smallest absolute Gasteiger partial charge is 0.0972 e. The molecule has 12 aromatic carbocycles. The standard InChI is InChI=1S/C86H82N4/c1-13-41-71(42-14-1)83(72-43-15-2-16-44-72,73-45-17-3-18-46-73)87-65-39-69-89(85(77-53-25-7-26-54-77,78-55-27-8-28-56-78)79-57-29-9-30-58-79)67-37-38-68-90(86(80-59-31-10-32-60-80,81-61-33-11-34-62-81)82-63-35-12-36-64-82)70-40-66-88-84(74-47-19-4-20-48-74,75-49-21-5-22-50-75)76-51-23-6-24-52-76/h1-36,41-64,87-88H,37-40,65-70H2. The molecule has 12 rings (SSSR count). The van der Waals surface area contributed by atoms with Crippen LogP contribution in [0.1, 0.15) is 92.4 Å². The molecule has 0 radical (unpaired) electrons. The van der Waals surface area contributed by atoms with E-state index in [0.29, 0.717) is 0 Å². The predicted molar refractivity (Wildman–Crippen MR) is 374 cm³/mol. The number of unbranched alkanes of at least 4 members (excludes halogenated alkanes) is 1. The fourth-order valence-electron chi connectivity index (χ4n) is 14.5. The molecule has 0 bridgehead atoms. The van der Waals surface area contributed by atoms with Gasteiger partial charge in [-0.2, -0.15) is 0 Å². The summed E-state index contributed by atoms with van der Waals surface area (Å²) in [6.45, 7) is 4.86. The lowest BCUT2D eigenvalue weighted by atomic mass is 9.75. The van der Waals surface area contributed by atoms with Crippen molar-refractivity contribution >= 4 is 0 Å². The summed E-state index contributed by atoms with van der Waals surface area (Å²) in [6.07, 6.45) is 3.67. The Bertz CT molecular complexity index is 3320. The molecule has 90 heavy (non-hydrogen) atoms. The van der Waals surface area contributed by atoms with Crippen LogP contribution in [0.3, 0.4) is 0 Å². The summed E-state index contributed by atoms with van der Waals surface area (Å²) in [5.41, 5.74) is 12.4. The normalized spacial score (nSPS) is 12.1. The average molecular weight is 1170 g/mol. The molecule has 0 fully saturated rings. The van der Waals surface area contributed by atoms with E-state index in [1.165, 1.54) is 66.8 Å². The fourth-order valence-corrected chi connectivity index (χ4v) is 14.5. The summed E-state index contributed by atoms with van der Waals surface area (Å²) >= 11 is 0. The first-order valence-electron chi connectivity index (χ1n) is 32.3. The van der Waals surface area contributed by atoms with E-state index in [-0.39, 0.29) is 0 Å². The van der Waals surface area contributed by atoms with Crippen LogP contribution in [0.5, 0.6) is 0 Å². The zero-order chi connectivity index (χ0) is 61.0. The maximum absolute atomic E-state index is 4.28.